The summed E-state index contributed by atoms with van der Waals surface area (Å²) in [5.74, 6) is 0.881. The fraction of sp³-hybridized carbons (Fsp3) is 0.667. The number of hydrogen-bond donors (Lipinski definition) is 1. The smallest absolute Gasteiger partial charge is 0.223 e. The van der Waals surface area contributed by atoms with E-state index in [1.54, 1.807) is 0 Å². The average Bonchev–Trinajstić information content (AvgIpc) is 3.02. The van der Waals surface area contributed by atoms with Crippen molar-refractivity contribution in [2.75, 3.05) is 52.9 Å². The molecule has 0 radical (unpaired) electrons. The number of likely N-dealkylation sites (tertiary alicyclic amines) is 1. The largest absolute Gasteiger partial charge is 0.392 e. The van der Waals surface area contributed by atoms with Gasteiger partial charge in [0.15, 0.2) is 0 Å². The molecule has 2 heterocycles. The molecule has 3 rings (SSSR count). The highest BCUT2D eigenvalue weighted by molar-refractivity contribution is 5.76. The maximum atomic E-state index is 12.6. The quantitative estimate of drug-likeness (QED) is 0.838. The SMILES string of the molecule is CN1CCCN(CCC(=O)N2CCC(Cc3ccc(CO)cc3)C2)CC1. The fourth-order valence-electron chi connectivity index (χ4n) is 4.08. The lowest BCUT2D eigenvalue weighted by atomic mass is 9.98. The molecule has 0 aliphatic carbocycles. The minimum absolute atomic E-state index is 0.0965. The third kappa shape index (κ3) is 5.53. The Morgan fingerprint density at radius 1 is 1.08 bits per heavy atom. The van der Waals surface area contributed by atoms with Crippen LogP contribution in [0.3, 0.4) is 0 Å². The molecule has 1 aromatic carbocycles. The third-order valence-corrected chi connectivity index (χ3v) is 5.82. The molecule has 0 saturated carbocycles. The lowest BCUT2D eigenvalue weighted by molar-refractivity contribution is -0.130. The molecule has 1 atom stereocenters. The molecule has 0 aromatic heterocycles. The van der Waals surface area contributed by atoms with Gasteiger partial charge < -0.3 is 19.8 Å². The van der Waals surface area contributed by atoms with E-state index in [1.165, 1.54) is 12.0 Å². The number of hydrogen-bond acceptors (Lipinski definition) is 4. The van der Waals surface area contributed by atoms with Crippen molar-refractivity contribution in [1.82, 2.24) is 14.7 Å². The van der Waals surface area contributed by atoms with Crippen molar-refractivity contribution >= 4 is 5.91 Å². The normalized spacial score (nSPS) is 22.5. The number of aliphatic hydroxyl groups is 1. The summed E-state index contributed by atoms with van der Waals surface area (Å²) >= 11 is 0. The van der Waals surface area contributed by atoms with Crippen LogP contribution in [0.1, 0.15) is 30.4 Å². The first kappa shape index (κ1) is 19.3. The zero-order valence-corrected chi connectivity index (χ0v) is 16.1. The Hall–Kier alpha value is -1.43. The maximum Gasteiger partial charge on any atom is 0.223 e. The van der Waals surface area contributed by atoms with Gasteiger partial charge in [-0.3, -0.25) is 4.79 Å². The Morgan fingerprint density at radius 2 is 1.85 bits per heavy atom. The number of rotatable bonds is 6. The van der Waals surface area contributed by atoms with E-state index in [2.05, 4.69) is 33.9 Å². The van der Waals surface area contributed by atoms with Crippen LogP contribution >= 0.6 is 0 Å². The van der Waals surface area contributed by atoms with Crippen LogP contribution in [0.4, 0.5) is 0 Å². The molecule has 5 heteroatoms. The monoisotopic (exact) mass is 359 g/mol. The molecule has 5 nitrogen and oxygen atoms in total. The minimum atomic E-state index is 0.0965. The van der Waals surface area contributed by atoms with Gasteiger partial charge in [-0.25, -0.2) is 0 Å². The number of benzene rings is 1. The van der Waals surface area contributed by atoms with E-state index < -0.39 is 0 Å². The number of carbonyl (C=O) groups is 1. The van der Waals surface area contributed by atoms with E-state index in [0.717, 1.165) is 64.2 Å². The van der Waals surface area contributed by atoms with Crippen LogP contribution in [0.25, 0.3) is 0 Å². The Morgan fingerprint density at radius 3 is 2.62 bits per heavy atom. The molecular formula is C21H33N3O2. The summed E-state index contributed by atoms with van der Waals surface area (Å²) in [5, 5.41) is 9.13. The minimum Gasteiger partial charge on any atom is -0.392 e. The second kappa shape index (κ2) is 9.49. The van der Waals surface area contributed by atoms with Crippen LogP contribution in [0, 0.1) is 5.92 Å². The van der Waals surface area contributed by atoms with E-state index in [-0.39, 0.29) is 6.61 Å². The van der Waals surface area contributed by atoms with E-state index in [9.17, 15) is 4.79 Å². The van der Waals surface area contributed by atoms with Gasteiger partial charge in [0.05, 0.1) is 6.61 Å². The molecule has 1 amide bonds. The molecule has 0 bridgehead atoms. The Balaban J connectivity index is 1.40. The van der Waals surface area contributed by atoms with Crippen molar-refractivity contribution in [3.8, 4) is 0 Å². The summed E-state index contributed by atoms with van der Waals surface area (Å²) in [5.41, 5.74) is 2.26. The lowest BCUT2D eigenvalue weighted by Crippen LogP contribution is -2.35. The average molecular weight is 360 g/mol. The lowest BCUT2D eigenvalue weighted by Gasteiger charge is -2.22. The Bertz CT molecular complexity index is 575. The molecule has 2 fully saturated rings. The molecule has 2 aliphatic rings. The maximum absolute atomic E-state index is 12.6. The molecular weight excluding hydrogens is 326 g/mol. The van der Waals surface area contributed by atoms with Crippen molar-refractivity contribution in [3.05, 3.63) is 35.4 Å². The van der Waals surface area contributed by atoms with E-state index in [0.29, 0.717) is 18.2 Å². The number of amides is 1. The van der Waals surface area contributed by atoms with Crippen molar-refractivity contribution in [2.24, 2.45) is 5.92 Å². The van der Waals surface area contributed by atoms with Crippen LogP contribution in [0.15, 0.2) is 24.3 Å². The molecule has 26 heavy (non-hydrogen) atoms. The van der Waals surface area contributed by atoms with Crippen LogP contribution < -0.4 is 0 Å². The first-order valence-electron chi connectivity index (χ1n) is 10.0. The number of carbonyl (C=O) groups excluding carboxylic acids is 1. The molecule has 144 valence electrons. The Kier molecular flexibility index (Phi) is 7.06. The Labute approximate surface area is 157 Å². The standard InChI is InChI=1S/C21H33N3O2/c1-22-9-2-10-23(14-13-22)11-8-21(26)24-12-7-20(16-24)15-18-3-5-19(17-25)6-4-18/h3-6,20,25H,2,7-17H2,1H3. The predicted molar refractivity (Wildman–Crippen MR) is 104 cm³/mol. The van der Waals surface area contributed by atoms with Crippen molar-refractivity contribution < 1.29 is 9.90 Å². The highest BCUT2D eigenvalue weighted by Gasteiger charge is 2.26. The van der Waals surface area contributed by atoms with Crippen molar-refractivity contribution in [1.29, 1.82) is 0 Å². The zero-order chi connectivity index (χ0) is 18.4. The number of likely N-dealkylation sites (N-methyl/N-ethyl adjacent to an activating group) is 1. The summed E-state index contributed by atoms with van der Waals surface area (Å²) in [6, 6.07) is 8.19. The van der Waals surface area contributed by atoms with Gasteiger partial charge in [-0.05, 0) is 56.4 Å². The van der Waals surface area contributed by atoms with Crippen LogP contribution in [0.5, 0.6) is 0 Å². The first-order valence-corrected chi connectivity index (χ1v) is 10.0. The van der Waals surface area contributed by atoms with Gasteiger partial charge in [0.1, 0.15) is 0 Å². The van der Waals surface area contributed by atoms with Crippen LogP contribution in [0.2, 0.25) is 0 Å². The summed E-state index contributed by atoms with van der Waals surface area (Å²) in [6.07, 6.45) is 3.98. The van der Waals surface area contributed by atoms with Gasteiger partial charge in [-0.1, -0.05) is 24.3 Å². The zero-order valence-electron chi connectivity index (χ0n) is 16.1. The van der Waals surface area contributed by atoms with Crippen molar-refractivity contribution in [3.63, 3.8) is 0 Å². The second-order valence-electron chi connectivity index (χ2n) is 7.92. The predicted octanol–water partition coefficient (Wildman–Crippen LogP) is 1.60. The van der Waals surface area contributed by atoms with Gasteiger partial charge in [0, 0.05) is 39.1 Å². The van der Waals surface area contributed by atoms with Gasteiger partial charge >= 0.3 is 0 Å². The number of aliphatic hydroxyl groups excluding tert-OH is 1. The summed E-state index contributed by atoms with van der Waals surface area (Å²) in [7, 11) is 2.18. The molecule has 1 aromatic rings. The highest BCUT2D eigenvalue weighted by atomic mass is 16.3. The fourth-order valence-corrected chi connectivity index (χ4v) is 4.08. The van der Waals surface area contributed by atoms with Gasteiger partial charge in [0.2, 0.25) is 5.91 Å². The van der Waals surface area contributed by atoms with Crippen LogP contribution in [-0.2, 0) is 17.8 Å². The van der Waals surface area contributed by atoms with Crippen LogP contribution in [-0.4, -0.2) is 78.6 Å². The molecule has 0 spiro atoms. The van der Waals surface area contributed by atoms with Gasteiger partial charge in [-0.2, -0.15) is 0 Å². The molecule has 2 saturated heterocycles. The molecule has 1 N–H and O–H groups in total. The first-order chi connectivity index (χ1) is 12.6. The van der Waals surface area contributed by atoms with E-state index in [1.807, 2.05) is 12.1 Å². The van der Waals surface area contributed by atoms with Gasteiger partial charge in [0.25, 0.3) is 0 Å². The van der Waals surface area contributed by atoms with Crippen molar-refractivity contribution in [2.45, 2.75) is 32.3 Å². The van der Waals surface area contributed by atoms with Gasteiger partial charge in [-0.15, -0.1) is 0 Å². The summed E-state index contributed by atoms with van der Waals surface area (Å²) < 4.78 is 0. The third-order valence-electron chi connectivity index (χ3n) is 5.82. The summed E-state index contributed by atoms with van der Waals surface area (Å²) in [4.78, 5) is 19.5. The van der Waals surface area contributed by atoms with E-state index >= 15 is 0 Å². The van der Waals surface area contributed by atoms with E-state index in [4.69, 9.17) is 5.11 Å². The summed E-state index contributed by atoms with van der Waals surface area (Å²) in [6.45, 7) is 7.26. The second-order valence-corrected chi connectivity index (χ2v) is 7.92. The topological polar surface area (TPSA) is 47.0 Å². The highest BCUT2D eigenvalue weighted by Crippen LogP contribution is 2.22. The number of nitrogens with zero attached hydrogens (tertiary/aromatic N) is 3. The molecule has 1 unspecified atom stereocenters. The molecule has 2 aliphatic heterocycles.